The lowest BCUT2D eigenvalue weighted by Crippen LogP contribution is -2.50. The van der Waals surface area contributed by atoms with E-state index in [0.29, 0.717) is 43.1 Å². The number of halogens is 1. The minimum Gasteiger partial charge on any atom is -0.497 e. The van der Waals surface area contributed by atoms with Gasteiger partial charge in [0.05, 0.1) is 12.5 Å². The molecule has 1 aromatic heterocycles. The van der Waals surface area contributed by atoms with Crippen molar-refractivity contribution in [1.82, 2.24) is 20.0 Å². The van der Waals surface area contributed by atoms with Crippen LogP contribution in [-0.4, -0.2) is 58.6 Å². The van der Waals surface area contributed by atoms with Crippen LogP contribution in [0.4, 0.5) is 4.39 Å². The molecule has 0 radical (unpaired) electrons. The predicted molar refractivity (Wildman–Crippen MR) is 104 cm³/mol. The van der Waals surface area contributed by atoms with E-state index in [1.54, 1.807) is 28.0 Å². The van der Waals surface area contributed by atoms with E-state index in [1.165, 1.54) is 13.2 Å². The zero-order valence-electron chi connectivity index (χ0n) is 16.7. The first kappa shape index (κ1) is 19.4. The number of rotatable bonds is 4. The Labute approximate surface area is 168 Å². The summed E-state index contributed by atoms with van der Waals surface area (Å²) in [5.74, 6) is 0.0531. The smallest absolute Gasteiger partial charge is 0.274 e. The van der Waals surface area contributed by atoms with Crippen molar-refractivity contribution in [2.75, 3.05) is 26.7 Å². The maximum Gasteiger partial charge on any atom is 0.274 e. The molecular weight excluding hydrogens is 375 g/mol. The van der Waals surface area contributed by atoms with Crippen molar-refractivity contribution in [3.8, 4) is 5.75 Å². The normalized spacial score (nSPS) is 21.8. The molecule has 1 N–H and O–H groups in total. The van der Waals surface area contributed by atoms with Crippen LogP contribution in [0.2, 0.25) is 0 Å². The minimum atomic E-state index is -0.589. The highest BCUT2D eigenvalue weighted by atomic mass is 19.1. The van der Waals surface area contributed by atoms with Gasteiger partial charge < -0.3 is 14.5 Å². The number of aryl methyl sites for hydroxylation is 1. The Morgan fingerprint density at radius 2 is 2.14 bits per heavy atom. The van der Waals surface area contributed by atoms with Gasteiger partial charge in [-0.1, -0.05) is 0 Å². The number of aromatic amines is 1. The fraction of sp³-hybridized carbons (Fsp3) is 0.476. The number of H-pyrrole nitrogens is 1. The number of benzene rings is 1. The SMILES string of the molecule is COc1ccc(F)c(CN2CCC[C@]3(CCN(C(=O)c4cc(C)[nH]n4)C3)C2=O)c1. The first-order chi connectivity index (χ1) is 13.9. The second kappa shape index (κ2) is 7.50. The number of methoxy groups -OCH3 is 1. The van der Waals surface area contributed by atoms with Crippen molar-refractivity contribution in [2.24, 2.45) is 5.41 Å². The molecule has 2 aromatic rings. The van der Waals surface area contributed by atoms with Crippen LogP contribution < -0.4 is 4.74 Å². The van der Waals surface area contributed by atoms with Crippen molar-refractivity contribution in [3.63, 3.8) is 0 Å². The van der Waals surface area contributed by atoms with Gasteiger partial charge in [0.2, 0.25) is 5.91 Å². The summed E-state index contributed by atoms with van der Waals surface area (Å²) in [6.07, 6.45) is 2.20. The molecule has 1 spiro atoms. The Balaban J connectivity index is 1.49. The maximum atomic E-state index is 14.3. The topological polar surface area (TPSA) is 78.5 Å². The number of hydrogen-bond acceptors (Lipinski definition) is 4. The van der Waals surface area contributed by atoms with E-state index in [9.17, 15) is 14.0 Å². The highest BCUT2D eigenvalue weighted by molar-refractivity contribution is 5.94. The molecule has 2 fully saturated rings. The van der Waals surface area contributed by atoms with Crippen LogP contribution in [0.3, 0.4) is 0 Å². The molecule has 154 valence electrons. The summed E-state index contributed by atoms with van der Waals surface area (Å²) in [7, 11) is 1.53. The Morgan fingerprint density at radius 1 is 1.31 bits per heavy atom. The number of nitrogens with one attached hydrogen (secondary N) is 1. The molecule has 0 unspecified atom stereocenters. The molecule has 7 nitrogen and oxygen atoms in total. The quantitative estimate of drug-likeness (QED) is 0.856. The van der Waals surface area contributed by atoms with E-state index in [2.05, 4.69) is 10.2 Å². The van der Waals surface area contributed by atoms with E-state index < -0.39 is 5.41 Å². The van der Waals surface area contributed by atoms with Crippen molar-refractivity contribution >= 4 is 11.8 Å². The zero-order chi connectivity index (χ0) is 20.6. The van der Waals surface area contributed by atoms with Gasteiger partial charge in [-0.3, -0.25) is 14.7 Å². The largest absolute Gasteiger partial charge is 0.497 e. The first-order valence-electron chi connectivity index (χ1n) is 9.85. The molecule has 2 aliphatic heterocycles. The van der Waals surface area contributed by atoms with Crippen LogP contribution in [0.1, 0.15) is 41.0 Å². The highest BCUT2D eigenvalue weighted by Crippen LogP contribution is 2.41. The standard InChI is InChI=1S/C21H25FN4O3/c1-14-10-18(24-23-14)19(27)26-9-7-21(13-26)6-3-8-25(20(21)28)12-15-11-16(29-2)4-5-17(15)22/h4-5,10-11H,3,6-9,12-13H2,1-2H3,(H,23,24)/t21-/m1/s1. The van der Waals surface area contributed by atoms with Gasteiger partial charge in [0.15, 0.2) is 0 Å². The number of hydrogen-bond donors (Lipinski definition) is 1. The average Bonchev–Trinajstić information content (AvgIpc) is 3.34. The molecule has 8 heteroatoms. The summed E-state index contributed by atoms with van der Waals surface area (Å²) in [4.78, 5) is 29.5. The highest BCUT2D eigenvalue weighted by Gasteiger charge is 2.49. The molecule has 0 saturated carbocycles. The molecule has 2 aliphatic rings. The van der Waals surface area contributed by atoms with Crippen molar-refractivity contribution < 1.29 is 18.7 Å². The van der Waals surface area contributed by atoms with Gasteiger partial charge in [-0.25, -0.2) is 4.39 Å². The second-order valence-corrected chi connectivity index (χ2v) is 7.98. The molecule has 29 heavy (non-hydrogen) atoms. The van der Waals surface area contributed by atoms with Gasteiger partial charge in [0.1, 0.15) is 17.3 Å². The third kappa shape index (κ3) is 3.59. The number of piperidine rings is 1. The Bertz CT molecular complexity index is 944. The Morgan fingerprint density at radius 3 is 2.86 bits per heavy atom. The van der Waals surface area contributed by atoms with E-state index in [1.807, 2.05) is 6.92 Å². The Hall–Kier alpha value is -2.90. The molecule has 4 rings (SSSR count). The number of amides is 2. The number of carbonyl (C=O) groups excluding carboxylic acids is 2. The third-order valence-electron chi connectivity index (χ3n) is 6.00. The molecule has 2 amide bonds. The fourth-order valence-electron chi connectivity index (χ4n) is 4.42. The van der Waals surface area contributed by atoms with Gasteiger partial charge in [0, 0.05) is 37.4 Å². The molecule has 3 heterocycles. The predicted octanol–water partition coefficient (Wildman–Crippen LogP) is 2.52. The van der Waals surface area contributed by atoms with Crippen molar-refractivity contribution in [3.05, 3.63) is 47.0 Å². The van der Waals surface area contributed by atoms with E-state index in [-0.39, 0.29) is 24.2 Å². The molecule has 0 bridgehead atoms. The fourth-order valence-corrected chi connectivity index (χ4v) is 4.42. The summed E-state index contributed by atoms with van der Waals surface area (Å²) in [6.45, 7) is 3.54. The lowest BCUT2D eigenvalue weighted by molar-refractivity contribution is -0.146. The number of likely N-dealkylation sites (tertiary alicyclic amines) is 2. The van der Waals surface area contributed by atoms with Crippen LogP contribution in [0, 0.1) is 18.2 Å². The molecule has 1 aromatic carbocycles. The van der Waals surface area contributed by atoms with Gasteiger partial charge in [-0.05, 0) is 50.5 Å². The van der Waals surface area contributed by atoms with Crippen LogP contribution in [0.15, 0.2) is 24.3 Å². The van der Waals surface area contributed by atoms with Crippen LogP contribution in [0.25, 0.3) is 0 Å². The Kier molecular flexibility index (Phi) is 5.02. The molecule has 2 saturated heterocycles. The summed E-state index contributed by atoms with van der Waals surface area (Å²) in [6, 6.07) is 6.28. The minimum absolute atomic E-state index is 0.000483. The maximum absolute atomic E-state index is 14.3. The second-order valence-electron chi connectivity index (χ2n) is 7.98. The summed E-state index contributed by atoms with van der Waals surface area (Å²) in [5.41, 5.74) is 1.04. The van der Waals surface area contributed by atoms with E-state index in [0.717, 1.165) is 18.5 Å². The summed E-state index contributed by atoms with van der Waals surface area (Å²) in [5, 5.41) is 6.83. The van der Waals surface area contributed by atoms with E-state index in [4.69, 9.17) is 4.74 Å². The van der Waals surface area contributed by atoms with Gasteiger partial charge in [-0.2, -0.15) is 5.10 Å². The number of ether oxygens (including phenoxy) is 1. The number of nitrogens with zero attached hydrogens (tertiary/aromatic N) is 3. The average molecular weight is 400 g/mol. The van der Waals surface area contributed by atoms with Crippen LogP contribution in [0.5, 0.6) is 5.75 Å². The molecule has 0 aliphatic carbocycles. The van der Waals surface area contributed by atoms with Gasteiger partial charge >= 0.3 is 0 Å². The summed E-state index contributed by atoms with van der Waals surface area (Å²) < 4.78 is 19.4. The first-order valence-corrected chi connectivity index (χ1v) is 9.85. The van der Waals surface area contributed by atoms with E-state index >= 15 is 0 Å². The number of aromatic nitrogens is 2. The molecule has 1 atom stereocenters. The lowest BCUT2D eigenvalue weighted by Gasteiger charge is -2.39. The molecular formula is C21H25FN4O3. The summed E-state index contributed by atoms with van der Waals surface area (Å²) >= 11 is 0. The third-order valence-corrected chi connectivity index (χ3v) is 6.00. The zero-order valence-corrected chi connectivity index (χ0v) is 16.7. The number of carbonyl (C=O) groups is 2. The van der Waals surface area contributed by atoms with Gasteiger partial charge in [-0.15, -0.1) is 0 Å². The van der Waals surface area contributed by atoms with Crippen LogP contribution >= 0.6 is 0 Å². The van der Waals surface area contributed by atoms with Gasteiger partial charge in [0.25, 0.3) is 5.91 Å². The van der Waals surface area contributed by atoms with Crippen molar-refractivity contribution in [2.45, 2.75) is 32.7 Å². The van der Waals surface area contributed by atoms with Crippen molar-refractivity contribution in [1.29, 1.82) is 0 Å². The monoisotopic (exact) mass is 400 g/mol. The lowest BCUT2D eigenvalue weighted by atomic mass is 9.78. The van der Waals surface area contributed by atoms with Crippen LogP contribution in [-0.2, 0) is 11.3 Å².